The van der Waals surface area contributed by atoms with Gasteiger partial charge in [-0.15, -0.1) is 0 Å². The summed E-state index contributed by atoms with van der Waals surface area (Å²) < 4.78 is 23.5. The fourth-order valence-electron chi connectivity index (χ4n) is 3.65. The first-order valence-corrected chi connectivity index (χ1v) is 10.1. The van der Waals surface area contributed by atoms with Gasteiger partial charge < -0.3 is 10.2 Å². The lowest BCUT2D eigenvalue weighted by atomic mass is 9.92. The van der Waals surface area contributed by atoms with E-state index >= 15 is 0 Å². The van der Waals surface area contributed by atoms with Crippen molar-refractivity contribution in [1.29, 1.82) is 0 Å². The van der Waals surface area contributed by atoms with E-state index in [0.717, 1.165) is 44.6 Å². The van der Waals surface area contributed by atoms with Crippen LogP contribution in [0.15, 0.2) is 23.1 Å². The van der Waals surface area contributed by atoms with Crippen LogP contribution in [0.1, 0.15) is 28.8 Å². The fraction of sp³-hybridized carbons (Fsp3) is 0.588. The summed E-state index contributed by atoms with van der Waals surface area (Å²) in [5, 5.41) is 3.43. The molecular formula is C17H24N2O3S. The average molecular weight is 336 g/mol. The maximum atomic E-state index is 12.9. The highest BCUT2D eigenvalue weighted by Crippen LogP contribution is 2.28. The molecule has 1 N–H and O–H groups in total. The molecule has 2 heterocycles. The summed E-state index contributed by atoms with van der Waals surface area (Å²) in [6.45, 7) is 5.47. The predicted molar refractivity (Wildman–Crippen MR) is 89.3 cm³/mol. The lowest BCUT2D eigenvalue weighted by Gasteiger charge is -2.22. The van der Waals surface area contributed by atoms with E-state index in [0.29, 0.717) is 17.4 Å². The van der Waals surface area contributed by atoms with E-state index in [2.05, 4.69) is 5.32 Å². The number of benzene rings is 1. The van der Waals surface area contributed by atoms with Crippen molar-refractivity contribution in [1.82, 2.24) is 10.2 Å². The van der Waals surface area contributed by atoms with Crippen molar-refractivity contribution in [3.63, 3.8) is 0 Å². The Kier molecular flexibility index (Phi) is 4.47. The summed E-state index contributed by atoms with van der Waals surface area (Å²) >= 11 is 0. The number of sulfone groups is 1. The second kappa shape index (κ2) is 6.24. The first-order valence-electron chi connectivity index (χ1n) is 8.17. The molecule has 5 nitrogen and oxygen atoms in total. The van der Waals surface area contributed by atoms with Crippen molar-refractivity contribution >= 4 is 15.7 Å². The number of aryl methyl sites for hydroxylation is 1. The molecular weight excluding hydrogens is 312 g/mol. The van der Waals surface area contributed by atoms with Gasteiger partial charge in [0.25, 0.3) is 5.91 Å². The van der Waals surface area contributed by atoms with Gasteiger partial charge in [-0.25, -0.2) is 8.42 Å². The van der Waals surface area contributed by atoms with Gasteiger partial charge in [0.05, 0.1) is 4.90 Å². The standard InChI is InChI=1S/C17H24N2O3S/c1-12-3-4-15(23(2,21)22)9-16(12)17(20)19-7-5-13-10-18-11-14(13)6-8-19/h3-4,9,13-14,18H,5-8,10-11H2,1-2H3/t13-,14+. The Hall–Kier alpha value is -1.40. The minimum atomic E-state index is -3.30. The molecule has 6 heteroatoms. The van der Waals surface area contributed by atoms with E-state index < -0.39 is 9.84 Å². The third-order valence-electron chi connectivity index (χ3n) is 5.17. The van der Waals surface area contributed by atoms with Gasteiger partial charge in [-0.3, -0.25) is 4.79 Å². The number of likely N-dealkylation sites (tertiary alicyclic amines) is 1. The Morgan fingerprint density at radius 1 is 1.17 bits per heavy atom. The summed E-state index contributed by atoms with van der Waals surface area (Å²) in [4.78, 5) is 15.0. The minimum absolute atomic E-state index is 0.0408. The first kappa shape index (κ1) is 16.5. The highest BCUT2D eigenvalue weighted by molar-refractivity contribution is 7.90. The van der Waals surface area contributed by atoms with Crippen LogP contribution in [0.2, 0.25) is 0 Å². The number of amides is 1. The Labute approximate surface area is 138 Å². The number of hydrogen-bond donors (Lipinski definition) is 1. The number of carbonyl (C=O) groups is 1. The summed E-state index contributed by atoms with van der Waals surface area (Å²) in [6, 6.07) is 4.82. The number of fused-ring (bicyclic) bond motifs is 1. The molecule has 3 rings (SSSR count). The van der Waals surface area contributed by atoms with E-state index in [1.807, 2.05) is 11.8 Å². The van der Waals surface area contributed by atoms with E-state index in [9.17, 15) is 13.2 Å². The van der Waals surface area contributed by atoms with Gasteiger partial charge >= 0.3 is 0 Å². The number of nitrogens with zero attached hydrogens (tertiary/aromatic N) is 1. The third-order valence-corrected chi connectivity index (χ3v) is 6.28. The highest BCUT2D eigenvalue weighted by Gasteiger charge is 2.32. The highest BCUT2D eigenvalue weighted by atomic mass is 32.2. The third kappa shape index (κ3) is 3.43. The molecule has 1 aromatic rings. The molecule has 0 radical (unpaired) electrons. The molecule has 126 valence electrons. The molecule has 2 saturated heterocycles. The van der Waals surface area contributed by atoms with Gasteiger partial charge in [0, 0.05) is 24.9 Å². The SMILES string of the molecule is Cc1ccc(S(C)(=O)=O)cc1C(=O)N1CC[C@@H]2CNC[C@@H]2CC1. The molecule has 0 unspecified atom stereocenters. The quantitative estimate of drug-likeness (QED) is 0.888. The van der Waals surface area contributed by atoms with Gasteiger partial charge in [0.1, 0.15) is 0 Å². The molecule has 0 saturated carbocycles. The van der Waals surface area contributed by atoms with Crippen molar-refractivity contribution in [3.05, 3.63) is 29.3 Å². The molecule has 23 heavy (non-hydrogen) atoms. The van der Waals surface area contributed by atoms with Crippen molar-refractivity contribution in [2.45, 2.75) is 24.7 Å². The molecule has 1 amide bonds. The van der Waals surface area contributed by atoms with Crippen LogP contribution >= 0.6 is 0 Å². The zero-order valence-electron chi connectivity index (χ0n) is 13.7. The topological polar surface area (TPSA) is 66.5 Å². The summed E-state index contributed by atoms with van der Waals surface area (Å²) in [5.74, 6) is 1.29. The molecule has 0 aromatic heterocycles. The van der Waals surface area contributed by atoms with Crippen LogP contribution in [0.5, 0.6) is 0 Å². The molecule has 2 aliphatic heterocycles. The average Bonchev–Trinajstić information content (AvgIpc) is 2.84. The maximum absolute atomic E-state index is 12.9. The number of carbonyl (C=O) groups excluding carboxylic acids is 1. The van der Waals surface area contributed by atoms with Crippen molar-refractivity contribution < 1.29 is 13.2 Å². The second-order valence-corrected chi connectivity index (χ2v) is 8.81. The Morgan fingerprint density at radius 2 is 1.78 bits per heavy atom. The number of hydrogen-bond acceptors (Lipinski definition) is 4. The van der Waals surface area contributed by atoms with Crippen LogP contribution in [-0.4, -0.2) is 51.7 Å². The van der Waals surface area contributed by atoms with Crippen LogP contribution in [-0.2, 0) is 9.84 Å². The maximum Gasteiger partial charge on any atom is 0.254 e. The van der Waals surface area contributed by atoms with Crippen molar-refractivity contribution in [2.24, 2.45) is 11.8 Å². The zero-order chi connectivity index (χ0) is 16.6. The van der Waals surface area contributed by atoms with E-state index in [-0.39, 0.29) is 10.8 Å². The normalized spacial score (nSPS) is 25.0. The van der Waals surface area contributed by atoms with E-state index in [1.54, 1.807) is 12.1 Å². The zero-order valence-corrected chi connectivity index (χ0v) is 14.5. The fourth-order valence-corrected chi connectivity index (χ4v) is 4.30. The Bertz CT molecular complexity index is 701. The first-order chi connectivity index (χ1) is 10.9. The number of rotatable bonds is 2. The monoisotopic (exact) mass is 336 g/mol. The predicted octanol–water partition coefficient (Wildman–Crippen LogP) is 1.47. The molecule has 0 spiro atoms. The van der Waals surface area contributed by atoms with Crippen LogP contribution < -0.4 is 5.32 Å². The van der Waals surface area contributed by atoms with Crippen LogP contribution in [0.25, 0.3) is 0 Å². The molecule has 0 bridgehead atoms. The summed E-state index contributed by atoms with van der Waals surface area (Å²) in [6.07, 6.45) is 3.22. The van der Waals surface area contributed by atoms with Gasteiger partial charge in [0.15, 0.2) is 9.84 Å². The van der Waals surface area contributed by atoms with Gasteiger partial charge in [-0.2, -0.15) is 0 Å². The van der Waals surface area contributed by atoms with Crippen molar-refractivity contribution in [2.75, 3.05) is 32.4 Å². The van der Waals surface area contributed by atoms with Crippen molar-refractivity contribution in [3.8, 4) is 0 Å². The van der Waals surface area contributed by atoms with E-state index in [4.69, 9.17) is 0 Å². The Balaban J connectivity index is 1.82. The lowest BCUT2D eigenvalue weighted by Crippen LogP contribution is -2.33. The summed E-state index contributed by atoms with van der Waals surface area (Å²) in [5.41, 5.74) is 1.34. The molecule has 2 aliphatic rings. The second-order valence-electron chi connectivity index (χ2n) is 6.80. The summed E-state index contributed by atoms with van der Waals surface area (Å²) in [7, 11) is -3.30. The van der Waals surface area contributed by atoms with Crippen LogP contribution in [0.4, 0.5) is 0 Å². The largest absolute Gasteiger partial charge is 0.339 e. The lowest BCUT2D eigenvalue weighted by molar-refractivity contribution is 0.0757. The molecule has 1 aromatic carbocycles. The number of nitrogens with one attached hydrogen (secondary N) is 1. The van der Waals surface area contributed by atoms with E-state index in [1.165, 1.54) is 12.3 Å². The van der Waals surface area contributed by atoms with Gasteiger partial charge in [0.2, 0.25) is 0 Å². The minimum Gasteiger partial charge on any atom is -0.339 e. The van der Waals surface area contributed by atoms with Gasteiger partial charge in [-0.05, 0) is 62.4 Å². The molecule has 0 aliphatic carbocycles. The van der Waals surface area contributed by atoms with Crippen LogP contribution in [0, 0.1) is 18.8 Å². The molecule has 2 fully saturated rings. The Morgan fingerprint density at radius 3 is 2.35 bits per heavy atom. The molecule has 2 atom stereocenters. The smallest absolute Gasteiger partial charge is 0.254 e. The van der Waals surface area contributed by atoms with Gasteiger partial charge in [-0.1, -0.05) is 6.07 Å². The van der Waals surface area contributed by atoms with Crippen LogP contribution in [0.3, 0.4) is 0 Å².